The van der Waals surface area contributed by atoms with Gasteiger partial charge in [0.25, 0.3) is 0 Å². The van der Waals surface area contributed by atoms with Crippen molar-refractivity contribution in [2.45, 2.75) is 19.9 Å². The van der Waals surface area contributed by atoms with Gasteiger partial charge in [0.2, 0.25) is 0 Å². The Balaban J connectivity index is 1.57. The van der Waals surface area contributed by atoms with Crippen LogP contribution in [0.25, 0.3) is 33.3 Å². The molecule has 1 unspecified atom stereocenters. The normalized spacial score (nSPS) is 12.2. The first-order valence-corrected chi connectivity index (χ1v) is 10.2. The Morgan fingerprint density at radius 1 is 0.935 bits per heavy atom. The maximum atomic E-state index is 10.4. The summed E-state index contributed by atoms with van der Waals surface area (Å²) in [4.78, 5) is 15.6. The second-order valence-electron chi connectivity index (χ2n) is 7.68. The zero-order chi connectivity index (χ0) is 21.4. The van der Waals surface area contributed by atoms with Crippen LogP contribution in [0.2, 0.25) is 0 Å². The van der Waals surface area contributed by atoms with E-state index < -0.39 is 0 Å². The maximum absolute atomic E-state index is 10.4. The number of fused-ring (bicyclic) bond motifs is 1. The molecule has 5 rings (SSSR count). The maximum Gasteiger partial charge on any atom is 0.143 e. The highest BCUT2D eigenvalue weighted by Crippen LogP contribution is 2.38. The van der Waals surface area contributed by atoms with E-state index >= 15 is 0 Å². The lowest BCUT2D eigenvalue weighted by molar-refractivity contribution is 0.477. The van der Waals surface area contributed by atoms with Gasteiger partial charge in [-0.05, 0) is 31.5 Å². The number of aromatic amines is 2. The summed E-state index contributed by atoms with van der Waals surface area (Å²) in [5.74, 6) is 0.931. The Labute approximate surface area is 180 Å². The van der Waals surface area contributed by atoms with Crippen LogP contribution >= 0.6 is 0 Å². The first-order valence-electron chi connectivity index (χ1n) is 10.2. The van der Waals surface area contributed by atoms with Crippen LogP contribution in [0, 0.1) is 6.92 Å². The third-order valence-corrected chi connectivity index (χ3v) is 5.52. The number of benzene rings is 2. The molecule has 0 amide bonds. The van der Waals surface area contributed by atoms with Gasteiger partial charge in [0, 0.05) is 34.3 Å². The van der Waals surface area contributed by atoms with Gasteiger partial charge in [-0.3, -0.25) is 0 Å². The highest BCUT2D eigenvalue weighted by atomic mass is 16.3. The molecule has 0 saturated heterocycles. The Kier molecular flexibility index (Phi) is 4.67. The number of phenolic OH excluding ortho intramolecular Hbond substituents is 1. The third-order valence-electron chi connectivity index (χ3n) is 5.52. The Bertz CT molecular complexity index is 1350. The van der Waals surface area contributed by atoms with Gasteiger partial charge in [-0.15, -0.1) is 0 Å². The molecule has 0 aliphatic rings. The predicted molar refractivity (Wildman–Crippen MR) is 124 cm³/mol. The number of aryl methyl sites for hydroxylation is 1. The van der Waals surface area contributed by atoms with E-state index in [0.717, 1.165) is 27.9 Å². The fraction of sp³-hybridized carbons (Fsp3) is 0.120. The van der Waals surface area contributed by atoms with Gasteiger partial charge in [-0.2, -0.15) is 0 Å². The van der Waals surface area contributed by atoms with Crippen molar-refractivity contribution >= 4 is 16.9 Å². The van der Waals surface area contributed by atoms with Gasteiger partial charge < -0.3 is 20.4 Å². The number of aromatic nitrogens is 4. The van der Waals surface area contributed by atoms with Crippen molar-refractivity contribution in [3.8, 4) is 28.0 Å². The monoisotopic (exact) mass is 409 g/mol. The average Bonchev–Trinajstić information content (AvgIpc) is 3.39. The number of H-pyrrole nitrogens is 2. The fourth-order valence-corrected chi connectivity index (χ4v) is 4.07. The van der Waals surface area contributed by atoms with E-state index in [1.54, 1.807) is 12.4 Å². The molecule has 1 atom stereocenters. The van der Waals surface area contributed by atoms with E-state index in [9.17, 15) is 5.11 Å². The minimum absolute atomic E-state index is 0.0332. The van der Waals surface area contributed by atoms with Crippen LogP contribution < -0.4 is 5.32 Å². The van der Waals surface area contributed by atoms with Crippen LogP contribution in [0.15, 0.2) is 73.2 Å². The summed E-state index contributed by atoms with van der Waals surface area (Å²) >= 11 is 0. The van der Waals surface area contributed by atoms with Gasteiger partial charge in [0.1, 0.15) is 23.5 Å². The Hall–Kier alpha value is -4.06. The van der Waals surface area contributed by atoms with Gasteiger partial charge in [0.05, 0.1) is 11.4 Å². The number of hydrogen-bond acceptors (Lipinski definition) is 4. The number of phenols is 1. The molecule has 0 saturated carbocycles. The molecule has 0 aliphatic heterocycles. The second kappa shape index (κ2) is 7.65. The summed E-state index contributed by atoms with van der Waals surface area (Å²) in [6, 6.07) is 19.8. The molecule has 2 aromatic carbocycles. The van der Waals surface area contributed by atoms with Crippen molar-refractivity contribution in [1.29, 1.82) is 0 Å². The summed E-state index contributed by atoms with van der Waals surface area (Å²) < 4.78 is 0. The molecule has 0 spiro atoms. The topological polar surface area (TPSA) is 89.6 Å². The highest BCUT2D eigenvalue weighted by Gasteiger charge is 2.19. The summed E-state index contributed by atoms with van der Waals surface area (Å²) in [6.45, 7) is 4.17. The number of hydrogen-bond donors (Lipinski definition) is 4. The SMILES string of the molecule is Cc1cc(-c2ccccc2)c(C(C)Nc2ncnc3[nH]cc(-c4ccccc4O)c23)[nH]1. The highest BCUT2D eigenvalue weighted by molar-refractivity contribution is 6.02. The molecule has 0 fully saturated rings. The lowest BCUT2D eigenvalue weighted by Gasteiger charge is -2.17. The average molecular weight is 409 g/mol. The molecule has 0 bridgehead atoms. The molecular formula is C25H23N5O. The van der Waals surface area contributed by atoms with E-state index in [1.807, 2.05) is 42.6 Å². The molecule has 154 valence electrons. The number of aromatic hydroxyl groups is 1. The molecular weight excluding hydrogens is 386 g/mol. The predicted octanol–water partition coefficient (Wildman–Crippen LogP) is 5.81. The van der Waals surface area contributed by atoms with Crippen molar-refractivity contribution in [2.24, 2.45) is 0 Å². The minimum Gasteiger partial charge on any atom is -0.507 e. The van der Waals surface area contributed by atoms with Crippen molar-refractivity contribution in [2.75, 3.05) is 5.32 Å². The minimum atomic E-state index is -0.0332. The molecule has 0 aliphatic carbocycles. The van der Waals surface area contributed by atoms with Gasteiger partial charge in [-0.25, -0.2) is 9.97 Å². The number of nitrogens with zero attached hydrogens (tertiary/aromatic N) is 2. The van der Waals surface area contributed by atoms with E-state index in [1.165, 1.54) is 11.1 Å². The molecule has 6 heteroatoms. The van der Waals surface area contributed by atoms with Crippen molar-refractivity contribution < 1.29 is 5.11 Å². The molecule has 3 aromatic heterocycles. The zero-order valence-electron chi connectivity index (χ0n) is 17.3. The molecule has 6 nitrogen and oxygen atoms in total. The Morgan fingerprint density at radius 3 is 2.52 bits per heavy atom. The number of para-hydroxylation sites is 1. The standard InChI is InChI=1S/C25H23N5O/c1-15-12-19(17-8-4-3-5-9-17)23(29-15)16(2)30-25-22-20(13-26-24(22)27-14-28-25)18-10-6-7-11-21(18)31/h3-14,16,29,31H,1-2H3,(H2,26,27,28,30). The number of anilines is 1. The largest absolute Gasteiger partial charge is 0.507 e. The number of rotatable bonds is 5. The van der Waals surface area contributed by atoms with Crippen LogP contribution in [-0.4, -0.2) is 25.0 Å². The summed E-state index contributed by atoms with van der Waals surface area (Å²) in [5.41, 5.74) is 6.84. The Morgan fingerprint density at radius 2 is 1.71 bits per heavy atom. The van der Waals surface area contributed by atoms with Crippen molar-refractivity contribution in [1.82, 2.24) is 19.9 Å². The number of nitrogens with one attached hydrogen (secondary N) is 3. The lowest BCUT2D eigenvalue weighted by atomic mass is 10.0. The van der Waals surface area contributed by atoms with Crippen LogP contribution in [0.4, 0.5) is 5.82 Å². The molecule has 3 heterocycles. The van der Waals surface area contributed by atoms with Crippen LogP contribution in [0.3, 0.4) is 0 Å². The zero-order valence-corrected chi connectivity index (χ0v) is 17.3. The van der Waals surface area contributed by atoms with E-state index in [0.29, 0.717) is 11.5 Å². The van der Waals surface area contributed by atoms with Crippen LogP contribution in [0.1, 0.15) is 24.4 Å². The smallest absolute Gasteiger partial charge is 0.143 e. The van der Waals surface area contributed by atoms with Crippen LogP contribution in [-0.2, 0) is 0 Å². The van der Waals surface area contributed by atoms with E-state index in [2.05, 4.69) is 57.3 Å². The van der Waals surface area contributed by atoms with E-state index in [4.69, 9.17) is 0 Å². The van der Waals surface area contributed by atoms with Crippen molar-refractivity contribution in [3.05, 3.63) is 84.6 Å². The summed E-state index contributed by atoms with van der Waals surface area (Å²) in [6.07, 6.45) is 3.40. The first kappa shape index (κ1) is 18.9. The van der Waals surface area contributed by atoms with Crippen LogP contribution in [0.5, 0.6) is 5.75 Å². The van der Waals surface area contributed by atoms with Gasteiger partial charge in [0.15, 0.2) is 0 Å². The van der Waals surface area contributed by atoms with Gasteiger partial charge >= 0.3 is 0 Å². The first-order chi connectivity index (χ1) is 15.1. The molecule has 31 heavy (non-hydrogen) atoms. The molecule has 0 radical (unpaired) electrons. The fourth-order valence-electron chi connectivity index (χ4n) is 4.07. The van der Waals surface area contributed by atoms with E-state index in [-0.39, 0.29) is 11.8 Å². The lowest BCUT2D eigenvalue weighted by Crippen LogP contribution is -2.10. The van der Waals surface area contributed by atoms with Crippen molar-refractivity contribution in [3.63, 3.8) is 0 Å². The third kappa shape index (κ3) is 3.42. The summed E-state index contributed by atoms with van der Waals surface area (Å²) in [5, 5.41) is 14.8. The quantitative estimate of drug-likeness (QED) is 0.295. The van der Waals surface area contributed by atoms with Gasteiger partial charge in [-0.1, -0.05) is 48.5 Å². The molecule has 4 N–H and O–H groups in total. The molecule has 5 aromatic rings. The second-order valence-corrected chi connectivity index (χ2v) is 7.68. The summed E-state index contributed by atoms with van der Waals surface area (Å²) in [7, 11) is 0.